The van der Waals surface area contributed by atoms with E-state index in [1.54, 1.807) is 19.2 Å². The van der Waals surface area contributed by atoms with Gasteiger partial charge in [0.1, 0.15) is 5.75 Å². The molecule has 1 atom stereocenters. The summed E-state index contributed by atoms with van der Waals surface area (Å²) in [6, 6.07) is 14.1. The molecule has 1 aliphatic rings. The van der Waals surface area contributed by atoms with Crippen LogP contribution in [0.25, 0.3) is 0 Å². The third kappa shape index (κ3) is 5.85. The average Bonchev–Trinajstić information content (AvgIpc) is 2.72. The predicted octanol–water partition coefficient (Wildman–Crippen LogP) is 2.87. The van der Waals surface area contributed by atoms with Crippen molar-refractivity contribution in [2.45, 2.75) is 32.5 Å². The molecule has 1 heterocycles. The molecule has 1 aliphatic heterocycles. The third-order valence-electron chi connectivity index (χ3n) is 5.42. The Morgan fingerprint density at radius 1 is 1.03 bits per heavy atom. The molecular weight excluding hydrogens is 368 g/mol. The van der Waals surface area contributed by atoms with E-state index in [2.05, 4.69) is 21.9 Å². The van der Waals surface area contributed by atoms with Crippen LogP contribution in [0.1, 0.15) is 24.5 Å². The second kappa shape index (κ2) is 10.5. The number of ether oxygens (including phenoxy) is 2. The van der Waals surface area contributed by atoms with Gasteiger partial charge in [0.15, 0.2) is 11.5 Å². The van der Waals surface area contributed by atoms with E-state index in [0.717, 1.165) is 50.5 Å². The van der Waals surface area contributed by atoms with E-state index in [-0.39, 0.29) is 12.4 Å². The van der Waals surface area contributed by atoms with Gasteiger partial charge in [-0.2, -0.15) is 0 Å². The fourth-order valence-electron chi connectivity index (χ4n) is 3.92. The molecule has 1 fully saturated rings. The Morgan fingerprint density at radius 2 is 1.79 bits per heavy atom. The van der Waals surface area contributed by atoms with Gasteiger partial charge in [-0.25, -0.2) is 0 Å². The van der Waals surface area contributed by atoms with Crippen molar-refractivity contribution in [1.82, 2.24) is 9.80 Å². The van der Waals surface area contributed by atoms with Crippen LogP contribution in [0.4, 0.5) is 0 Å². The lowest BCUT2D eigenvalue weighted by Gasteiger charge is -2.41. The zero-order chi connectivity index (χ0) is 20.6. The molecule has 0 unspecified atom stereocenters. The van der Waals surface area contributed by atoms with Gasteiger partial charge in [-0.15, -0.1) is 0 Å². The first-order chi connectivity index (χ1) is 14.1. The minimum Gasteiger partial charge on any atom is -0.504 e. The van der Waals surface area contributed by atoms with Crippen LogP contribution in [-0.2, 0) is 13.1 Å². The topological polar surface area (TPSA) is 65.4 Å². The van der Waals surface area contributed by atoms with Crippen molar-refractivity contribution >= 4 is 0 Å². The van der Waals surface area contributed by atoms with Crippen LogP contribution >= 0.6 is 0 Å². The lowest BCUT2D eigenvalue weighted by atomic mass is 10.1. The second-order valence-corrected chi connectivity index (χ2v) is 7.45. The number of piperazine rings is 1. The van der Waals surface area contributed by atoms with Crippen LogP contribution in [0, 0.1) is 0 Å². The number of aromatic hydroxyl groups is 1. The number of benzene rings is 2. The number of methoxy groups -OCH3 is 1. The van der Waals surface area contributed by atoms with E-state index < -0.39 is 0 Å². The molecule has 0 aromatic heterocycles. The Balaban J connectivity index is 1.60. The van der Waals surface area contributed by atoms with E-state index >= 15 is 0 Å². The summed E-state index contributed by atoms with van der Waals surface area (Å²) in [6.07, 6.45) is 0.751. The highest BCUT2D eigenvalue weighted by atomic mass is 16.5. The molecule has 1 saturated heterocycles. The number of hydrogen-bond acceptors (Lipinski definition) is 6. The van der Waals surface area contributed by atoms with Gasteiger partial charge in [-0.05, 0) is 48.7 Å². The molecule has 2 aromatic rings. The molecular formula is C23H32N2O4. The molecule has 0 bridgehead atoms. The molecule has 0 aliphatic carbocycles. The molecule has 2 N–H and O–H groups in total. The summed E-state index contributed by atoms with van der Waals surface area (Å²) < 4.78 is 10.6. The highest BCUT2D eigenvalue weighted by molar-refractivity contribution is 5.41. The minimum absolute atomic E-state index is 0.172. The number of nitrogens with zero attached hydrogens (tertiary/aromatic N) is 2. The molecule has 2 aromatic carbocycles. The van der Waals surface area contributed by atoms with Crippen molar-refractivity contribution in [2.75, 3.05) is 40.0 Å². The molecule has 0 radical (unpaired) electrons. The van der Waals surface area contributed by atoms with E-state index in [0.29, 0.717) is 18.4 Å². The smallest absolute Gasteiger partial charge is 0.160 e. The molecule has 6 nitrogen and oxygen atoms in total. The van der Waals surface area contributed by atoms with Crippen molar-refractivity contribution in [3.05, 3.63) is 53.6 Å². The third-order valence-corrected chi connectivity index (χ3v) is 5.42. The Hall–Kier alpha value is -2.28. The van der Waals surface area contributed by atoms with Crippen LogP contribution in [0.15, 0.2) is 42.5 Å². The lowest BCUT2D eigenvalue weighted by Crippen LogP contribution is -2.52. The molecule has 29 heavy (non-hydrogen) atoms. The fraction of sp³-hybridized carbons (Fsp3) is 0.478. The summed E-state index contributed by atoms with van der Waals surface area (Å²) >= 11 is 0. The van der Waals surface area contributed by atoms with Crippen LogP contribution < -0.4 is 9.47 Å². The molecule has 6 heteroatoms. The summed E-state index contributed by atoms with van der Waals surface area (Å²) in [5.74, 6) is 1.56. The van der Waals surface area contributed by atoms with E-state index in [1.807, 2.05) is 25.1 Å². The van der Waals surface area contributed by atoms with Gasteiger partial charge < -0.3 is 19.7 Å². The van der Waals surface area contributed by atoms with Gasteiger partial charge >= 0.3 is 0 Å². The maximum Gasteiger partial charge on any atom is 0.160 e. The number of aliphatic hydroxyl groups excluding tert-OH is 1. The molecule has 158 valence electrons. The van der Waals surface area contributed by atoms with E-state index in [9.17, 15) is 10.2 Å². The number of hydrogen-bond donors (Lipinski definition) is 2. The van der Waals surface area contributed by atoms with Gasteiger partial charge in [0.05, 0.1) is 13.7 Å². The monoisotopic (exact) mass is 400 g/mol. The molecule has 0 saturated carbocycles. The summed E-state index contributed by atoms with van der Waals surface area (Å²) in [4.78, 5) is 4.84. The second-order valence-electron chi connectivity index (χ2n) is 7.45. The van der Waals surface area contributed by atoms with Crippen LogP contribution in [0.3, 0.4) is 0 Å². The van der Waals surface area contributed by atoms with Crippen molar-refractivity contribution in [1.29, 1.82) is 0 Å². The number of phenolic OH excluding ortho intramolecular Hbond substituents is 1. The SMILES string of the molecule is CCOc1ccc(CN2CCN(Cc3ccc(OC)c(O)c3)C[C@@H]2CCO)cc1. The quantitative estimate of drug-likeness (QED) is 0.675. The van der Waals surface area contributed by atoms with Gasteiger partial charge in [0.25, 0.3) is 0 Å². The number of aliphatic hydroxyl groups is 1. The minimum atomic E-state index is 0.172. The van der Waals surface area contributed by atoms with Gasteiger partial charge in [0, 0.05) is 45.4 Å². The highest BCUT2D eigenvalue weighted by Gasteiger charge is 2.26. The Kier molecular flexibility index (Phi) is 7.75. The average molecular weight is 401 g/mol. The van der Waals surface area contributed by atoms with Gasteiger partial charge in [-0.1, -0.05) is 18.2 Å². The summed E-state index contributed by atoms with van der Waals surface area (Å²) in [5.41, 5.74) is 2.32. The van der Waals surface area contributed by atoms with Crippen molar-refractivity contribution < 1.29 is 19.7 Å². The zero-order valence-electron chi connectivity index (χ0n) is 17.4. The Bertz CT molecular complexity index is 766. The van der Waals surface area contributed by atoms with Gasteiger partial charge in [-0.3, -0.25) is 9.80 Å². The Morgan fingerprint density at radius 3 is 2.45 bits per heavy atom. The van der Waals surface area contributed by atoms with Crippen LogP contribution in [0.2, 0.25) is 0 Å². The molecule has 3 rings (SSSR count). The maximum absolute atomic E-state index is 10.0. The standard InChI is InChI=1S/C23H32N2O4/c1-3-29-21-7-4-18(5-8-21)16-25-12-11-24(17-20(25)10-13-26)15-19-6-9-23(28-2)22(27)14-19/h4-9,14,20,26-27H,3,10-13,15-17H2,1-2H3/t20-/m0/s1. The first-order valence-corrected chi connectivity index (χ1v) is 10.3. The first-order valence-electron chi connectivity index (χ1n) is 10.3. The first kappa shape index (κ1) is 21.4. The normalized spacial score (nSPS) is 18.0. The highest BCUT2D eigenvalue weighted by Crippen LogP contribution is 2.27. The zero-order valence-corrected chi connectivity index (χ0v) is 17.4. The summed E-state index contributed by atoms with van der Waals surface area (Å²) in [6.45, 7) is 7.27. The maximum atomic E-state index is 10.0. The predicted molar refractivity (Wildman–Crippen MR) is 113 cm³/mol. The summed E-state index contributed by atoms with van der Waals surface area (Å²) in [5, 5.41) is 19.6. The van der Waals surface area contributed by atoms with Crippen LogP contribution in [0.5, 0.6) is 17.2 Å². The van der Waals surface area contributed by atoms with Crippen molar-refractivity contribution in [2.24, 2.45) is 0 Å². The Labute approximate surface area is 173 Å². The van der Waals surface area contributed by atoms with Crippen molar-refractivity contribution in [3.63, 3.8) is 0 Å². The van der Waals surface area contributed by atoms with E-state index in [1.165, 1.54) is 5.56 Å². The largest absolute Gasteiger partial charge is 0.504 e. The molecule has 0 amide bonds. The van der Waals surface area contributed by atoms with Crippen LogP contribution in [-0.4, -0.2) is 66.0 Å². The van der Waals surface area contributed by atoms with Gasteiger partial charge in [0.2, 0.25) is 0 Å². The van der Waals surface area contributed by atoms with E-state index in [4.69, 9.17) is 9.47 Å². The van der Waals surface area contributed by atoms with Crippen molar-refractivity contribution in [3.8, 4) is 17.2 Å². The number of rotatable bonds is 9. The molecule has 0 spiro atoms. The fourth-order valence-corrected chi connectivity index (χ4v) is 3.92. The lowest BCUT2D eigenvalue weighted by molar-refractivity contribution is 0.0499. The number of phenols is 1. The summed E-state index contributed by atoms with van der Waals surface area (Å²) in [7, 11) is 1.55.